The lowest BCUT2D eigenvalue weighted by molar-refractivity contribution is 0.263. The number of phenols is 1. The SMILES string of the molecule is COc1c(Cl)cc(C(N)CO)c(O)c1F. The molecule has 84 valence electrons. The minimum absolute atomic E-state index is 0.00769. The van der Waals surface area contributed by atoms with Crippen LogP contribution in [-0.2, 0) is 0 Å². The van der Waals surface area contributed by atoms with Crippen LogP contribution >= 0.6 is 11.6 Å². The second kappa shape index (κ2) is 4.65. The molecule has 0 amide bonds. The Hall–Kier alpha value is -1.04. The molecule has 1 rings (SSSR count). The standard InChI is InChI=1S/C9H11ClFNO3/c1-15-9-5(10)2-4(6(12)3-13)8(14)7(9)11/h2,6,13-14H,3,12H2,1H3. The Morgan fingerprint density at radius 3 is 2.73 bits per heavy atom. The second-order valence-electron chi connectivity index (χ2n) is 2.93. The molecule has 0 aliphatic rings. The highest BCUT2D eigenvalue weighted by atomic mass is 35.5. The van der Waals surface area contributed by atoms with Crippen LogP contribution in [-0.4, -0.2) is 23.9 Å². The quantitative estimate of drug-likeness (QED) is 0.736. The van der Waals surface area contributed by atoms with Gasteiger partial charge in [0.2, 0.25) is 5.82 Å². The first-order valence-electron chi connectivity index (χ1n) is 4.14. The van der Waals surface area contributed by atoms with E-state index in [2.05, 4.69) is 4.74 Å². The number of nitrogens with two attached hydrogens (primary N) is 1. The fourth-order valence-corrected chi connectivity index (χ4v) is 1.46. The van der Waals surface area contributed by atoms with Crippen LogP contribution in [0.3, 0.4) is 0 Å². The van der Waals surface area contributed by atoms with E-state index in [0.717, 1.165) is 0 Å². The summed E-state index contributed by atoms with van der Waals surface area (Å²) in [5.74, 6) is -1.88. The topological polar surface area (TPSA) is 75.7 Å². The number of hydrogen-bond donors (Lipinski definition) is 3. The van der Waals surface area contributed by atoms with Crippen LogP contribution in [0.15, 0.2) is 6.07 Å². The lowest BCUT2D eigenvalue weighted by atomic mass is 10.1. The van der Waals surface area contributed by atoms with Gasteiger partial charge in [-0.05, 0) is 6.07 Å². The van der Waals surface area contributed by atoms with Crippen LogP contribution in [0.25, 0.3) is 0 Å². The first kappa shape index (κ1) is 12.0. The molecule has 6 heteroatoms. The Morgan fingerprint density at radius 2 is 2.27 bits per heavy atom. The van der Waals surface area contributed by atoms with Gasteiger partial charge in [-0.15, -0.1) is 0 Å². The molecule has 1 unspecified atom stereocenters. The fourth-order valence-electron chi connectivity index (χ4n) is 1.18. The molecule has 0 aromatic heterocycles. The largest absolute Gasteiger partial charge is 0.504 e. The molecule has 0 spiro atoms. The third kappa shape index (κ3) is 2.14. The molecule has 1 aromatic carbocycles. The van der Waals surface area contributed by atoms with Crippen LogP contribution in [0.2, 0.25) is 5.02 Å². The Kier molecular flexibility index (Phi) is 3.73. The first-order chi connectivity index (χ1) is 7.02. The highest BCUT2D eigenvalue weighted by Gasteiger charge is 2.20. The lowest BCUT2D eigenvalue weighted by Gasteiger charge is -2.14. The number of rotatable bonds is 3. The van der Waals surface area contributed by atoms with Gasteiger partial charge < -0.3 is 20.7 Å². The van der Waals surface area contributed by atoms with Gasteiger partial charge in [-0.2, -0.15) is 4.39 Å². The summed E-state index contributed by atoms with van der Waals surface area (Å²) in [6, 6.07) is 0.377. The van der Waals surface area contributed by atoms with E-state index in [1.54, 1.807) is 0 Å². The van der Waals surface area contributed by atoms with Gasteiger partial charge in [0.1, 0.15) is 0 Å². The van der Waals surface area contributed by atoms with Crippen molar-refractivity contribution in [2.24, 2.45) is 5.73 Å². The van der Waals surface area contributed by atoms with Crippen molar-refractivity contribution < 1.29 is 19.3 Å². The van der Waals surface area contributed by atoms with Crippen molar-refractivity contribution in [2.75, 3.05) is 13.7 Å². The van der Waals surface area contributed by atoms with Gasteiger partial charge in [-0.1, -0.05) is 11.6 Å². The predicted octanol–water partition coefficient (Wildman–Crippen LogP) is 1.19. The van der Waals surface area contributed by atoms with E-state index < -0.39 is 24.2 Å². The molecule has 0 aliphatic heterocycles. The van der Waals surface area contributed by atoms with Gasteiger partial charge in [0.15, 0.2) is 11.5 Å². The molecule has 0 radical (unpaired) electrons. The summed E-state index contributed by atoms with van der Waals surface area (Å²) in [6.07, 6.45) is 0. The zero-order valence-electron chi connectivity index (χ0n) is 8.00. The van der Waals surface area contributed by atoms with Gasteiger partial charge in [0.25, 0.3) is 0 Å². The van der Waals surface area contributed by atoms with E-state index in [1.807, 2.05) is 0 Å². The summed E-state index contributed by atoms with van der Waals surface area (Å²) in [5, 5.41) is 18.2. The fraction of sp³-hybridized carbons (Fsp3) is 0.333. The Balaban J connectivity index is 3.33. The molecule has 1 atom stereocenters. The number of aromatic hydroxyl groups is 1. The summed E-state index contributed by atoms with van der Waals surface area (Å²) < 4.78 is 18.1. The summed E-state index contributed by atoms with van der Waals surface area (Å²) in [5.41, 5.74) is 5.49. The van der Waals surface area contributed by atoms with Gasteiger partial charge in [-0.3, -0.25) is 0 Å². The van der Waals surface area contributed by atoms with Crippen molar-refractivity contribution in [3.8, 4) is 11.5 Å². The van der Waals surface area contributed by atoms with Crippen molar-refractivity contribution >= 4 is 11.6 Å². The molecular formula is C9H11ClFNO3. The molecule has 0 saturated carbocycles. The summed E-state index contributed by atoms with van der Waals surface area (Å²) >= 11 is 5.69. The molecule has 0 saturated heterocycles. The van der Waals surface area contributed by atoms with E-state index >= 15 is 0 Å². The van der Waals surface area contributed by atoms with Crippen molar-refractivity contribution in [3.63, 3.8) is 0 Å². The Morgan fingerprint density at radius 1 is 1.67 bits per heavy atom. The van der Waals surface area contributed by atoms with Crippen molar-refractivity contribution in [2.45, 2.75) is 6.04 Å². The monoisotopic (exact) mass is 235 g/mol. The maximum absolute atomic E-state index is 13.4. The minimum Gasteiger partial charge on any atom is -0.504 e. The number of ether oxygens (including phenoxy) is 1. The number of benzene rings is 1. The van der Waals surface area contributed by atoms with E-state index in [-0.39, 0.29) is 16.3 Å². The molecular weight excluding hydrogens is 225 g/mol. The maximum Gasteiger partial charge on any atom is 0.208 e. The molecule has 4 N–H and O–H groups in total. The third-order valence-electron chi connectivity index (χ3n) is 1.98. The van der Waals surface area contributed by atoms with Crippen molar-refractivity contribution in [3.05, 3.63) is 22.5 Å². The van der Waals surface area contributed by atoms with Crippen LogP contribution < -0.4 is 10.5 Å². The van der Waals surface area contributed by atoms with Crippen molar-refractivity contribution in [1.29, 1.82) is 0 Å². The van der Waals surface area contributed by atoms with E-state index in [4.69, 9.17) is 22.4 Å². The maximum atomic E-state index is 13.4. The van der Waals surface area contributed by atoms with Gasteiger partial charge in [0.05, 0.1) is 24.8 Å². The summed E-state index contributed by atoms with van der Waals surface area (Å²) in [6.45, 7) is -0.421. The van der Waals surface area contributed by atoms with Crippen LogP contribution in [0.5, 0.6) is 11.5 Å². The average Bonchev–Trinajstić information content (AvgIpc) is 2.23. The second-order valence-corrected chi connectivity index (χ2v) is 3.34. The normalized spacial score (nSPS) is 12.6. The number of aliphatic hydroxyl groups is 1. The molecule has 4 nitrogen and oxygen atoms in total. The average molecular weight is 236 g/mol. The van der Waals surface area contributed by atoms with Gasteiger partial charge in [-0.25, -0.2) is 0 Å². The molecule has 1 aromatic rings. The third-order valence-corrected chi connectivity index (χ3v) is 2.26. The molecule has 0 heterocycles. The zero-order chi connectivity index (χ0) is 11.6. The Labute approximate surface area is 91.0 Å². The highest BCUT2D eigenvalue weighted by Crippen LogP contribution is 2.38. The number of aliphatic hydroxyl groups excluding tert-OH is 1. The van der Waals surface area contributed by atoms with Crippen LogP contribution in [0.4, 0.5) is 4.39 Å². The number of halogens is 2. The zero-order valence-corrected chi connectivity index (χ0v) is 8.75. The smallest absolute Gasteiger partial charge is 0.208 e. The molecule has 0 aliphatic carbocycles. The first-order valence-corrected chi connectivity index (χ1v) is 4.52. The number of phenolic OH excluding ortho intramolecular Hbond substituents is 1. The van der Waals surface area contributed by atoms with E-state index in [1.165, 1.54) is 13.2 Å². The van der Waals surface area contributed by atoms with Gasteiger partial charge in [0, 0.05) is 5.56 Å². The van der Waals surface area contributed by atoms with Crippen LogP contribution in [0, 0.1) is 5.82 Å². The van der Waals surface area contributed by atoms with Crippen molar-refractivity contribution in [1.82, 2.24) is 0 Å². The number of methoxy groups -OCH3 is 1. The number of hydrogen-bond acceptors (Lipinski definition) is 4. The summed E-state index contributed by atoms with van der Waals surface area (Å²) in [4.78, 5) is 0. The van der Waals surface area contributed by atoms with Gasteiger partial charge >= 0.3 is 0 Å². The lowest BCUT2D eigenvalue weighted by Crippen LogP contribution is -2.15. The Bertz CT molecular complexity index is 373. The van der Waals surface area contributed by atoms with Crippen LogP contribution in [0.1, 0.15) is 11.6 Å². The molecule has 0 bridgehead atoms. The van der Waals surface area contributed by atoms with E-state index in [0.29, 0.717) is 0 Å². The molecule has 0 fully saturated rings. The minimum atomic E-state index is -0.982. The predicted molar refractivity (Wildman–Crippen MR) is 53.6 cm³/mol. The highest BCUT2D eigenvalue weighted by molar-refractivity contribution is 6.32. The molecule has 15 heavy (non-hydrogen) atoms. The summed E-state index contributed by atoms with van der Waals surface area (Å²) in [7, 11) is 1.23. The van der Waals surface area contributed by atoms with E-state index in [9.17, 15) is 9.50 Å².